The Labute approximate surface area is 144 Å². The summed E-state index contributed by atoms with van der Waals surface area (Å²) in [5, 5.41) is 0. The molecule has 1 aromatic carbocycles. The molecule has 1 fully saturated rings. The summed E-state index contributed by atoms with van der Waals surface area (Å²) in [4.78, 5) is 27.6. The van der Waals surface area contributed by atoms with Crippen LogP contribution in [0.3, 0.4) is 0 Å². The zero-order chi connectivity index (χ0) is 18.4. The van der Waals surface area contributed by atoms with Gasteiger partial charge in [-0.15, -0.1) is 0 Å². The molecule has 0 unspecified atom stereocenters. The highest BCUT2D eigenvalue weighted by molar-refractivity contribution is 5.94. The fourth-order valence-electron chi connectivity index (χ4n) is 2.68. The summed E-state index contributed by atoms with van der Waals surface area (Å²) in [5.41, 5.74) is 1.58. The van der Waals surface area contributed by atoms with Gasteiger partial charge in [0.05, 0.1) is 0 Å². The van der Waals surface area contributed by atoms with Gasteiger partial charge in [-0.05, 0) is 25.5 Å². The second kappa shape index (κ2) is 8.33. The van der Waals surface area contributed by atoms with E-state index in [2.05, 4.69) is 4.74 Å². The number of aryl methyl sites for hydroxylation is 1. The van der Waals surface area contributed by atoms with E-state index in [1.165, 1.54) is 4.90 Å². The minimum absolute atomic E-state index is 0.105. The number of halogens is 3. The molecule has 0 saturated carbocycles. The van der Waals surface area contributed by atoms with Crippen molar-refractivity contribution in [2.24, 2.45) is 0 Å². The number of rotatable bonds is 4. The van der Waals surface area contributed by atoms with Crippen LogP contribution in [0.1, 0.15) is 22.3 Å². The molecule has 25 heavy (non-hydrogen) atoms. The topological polar surface area (TPSA) is 49.9 Å². The summed E-state index contributed by atoms with van der Waals surface area (Å²) in [6.45, 7) is 1.38. The summed E-state index contributed by atoms with van der Waals surface area (Å²) in [5.74, 6) is -0.597. The standard InChI is InChI=1S/C17H21F3N2O3/c1-13-4-2-5-14(10-13)16(24)22-7-3-6-21(8-9-22)15(23)11-25-12-17(18,19)20/h2,4-5,10H,3,6-9,11-12H2,1H3. The zero-order valence-corrected chi connectivity index (χ0v) is 14.0. The lowest BCUT2D eigenvalue weighted by Gasteiger charge is -2.22. The van der Waals surface area contributed by atoms with E-state index in [9.17, 15) is 22.8 Å². The Morgan fingerprint density at radius 1 is 1.12 bits per heavy atom. The Hall–Kier alpha value is -2.09. The zero-order valence-electron chi connectivity index (χ0n) is 14.0. The van der Waals surface area contributed by atoms with Crippen molar-refractivity contribution in [2.75, 3.05) is 39.4 Å². The molecule has 8 heteroatoms. The first-order valence-corrected chi connectivity index (χ1v) is 8.04. The Morgan fingerprint density at radius 2 is 1.80 bits per heavy atom. The van der Waals surface area contributed by atoms with Gasteiger partial charge in [0.25, 0.3) is 5.91 Å². The maximum Gasteiger partial charge on any atom is 0.411 e. The number of hydrogen-bond donors (Lipinski definition) is 0. The summed E-state index contributed by atoms with van der Waals surface area (Å²) >= 11 is 0. The molecule has 1 aliphatic rings. The summed E-state index contributed by atoms with van der Waals surface area (Å²) < 4.78 is 40.6. The Kier molecular flexibility index (Phi) is 6.41. The molecule has 0 aliphatic carbocycles. The molecule has 138 valence electrons. The third-order valence-electron chi connectivity index (χ3n) is 3.89. The fourth-order valence-corrected chi connectivity index (χ4v) is 2.68. The number of benzene rings is 1. The molecule has 2 amide bonds. The van der Waals surface area contributed by atoms with E-state index < -0.39 is 25.3 Å². The third-order valence-corrected chi connectivity index (χ3v) is 3.89. The van der Waals surface area contributed by atoms with Crippen LogP contribution in [-0.2, 0) is 9.53 Å². The monoisotopic (exact) mass is 358 g/mol. The maximum atomic E-state index is 12.5. The van der Waals surface area contributed by atoms with E-state index in [0.717, 1.165) is 5.56 Å². The van der Waals surface area contributed by atoms with Crippen LogP contribution in [-0.4, -0.2) is 67.2 Å². The minimum Gasteiger partial charge on any atom is -0.362 e. The van der Waals surface area contributed by atoms with Crippen LogP contribution >= 0.6 is 0 Å². The van der Waals surface area contributed by atoms with Crippen LogP contribution in [0.15, 0.2) is 24.3 Å². The number of nitrogens with zero attached hydrogens (tertiary/aromatic N) is 2. The molecule has 1 saturated heterocycles. The van der Waals surface area contributed by atoms with Crippen LogP contribution < -0.4 is 0 Å². The highest BCUT2D eigenvalue weighted by Crippen LogP contribution is 2.15. The third kappa shape index (κ3) is 6.04. The number of hydrogen-bond acceptors (Lipinski definition) is 3. The van der Waals surface area contributed by atoms with E-state index in [1.54, 1.807) is 17.0 Å². The second-order valence-electron chi connectivity index (χ2n) is 6.00. The van der Waals surface area contributed by atoms with Gasteiger partial charge >= 0.3 is 6.18 Å². The largest absolute Gasteiger partial charge is 0.411 e. The van der Waals surface area contributed by atoms with Gasteiger partial charge in [-0.2, -0.15) is 13.2 Å². The van der Waals surface area contributed by atoms with Gasteiger partial charge in [0.2, 0.25) is 5.91 Å². The molecule has 0 atom stereocenters. The molecule has 1 heterocycles. The van der Waals surface area contributed by atoms with Crippen molar-refractivity contribution in [1.29, 1.82) is 0 Å². The SMILES string of the molecule is Cc1cccc(C(=O)N2CCCN(C(=O)COCC(F)(F)F)CC2)c1. The first kappa shape index (κ1) is 19.2. The molecular formula is C17H21F3N2O3. The van der Waals surface area contributed by atoms with Crippen LogP contribution in [0, 0.1) is 6.92 Å². The number of amides is 2. The summed E-state index contributed by atoms with van der Waals surface area (Å²) in [7, 11) is 0. The van der Waals surface area contributed by atoms with Crippen molar-refractivity contribution in [1.82, 2.24) is 9.80 Å². The van der Waals surface area contributed by atoms with Gasteiger partial charge in [-0.25, -0.2) is 0 Å². The lowest BCUT2D eigenvalue weighted by atomic mass is 10.1. The molecule has 0 spiro atoms. The van der Waals surface area contributed by atoms with Crippen molar-refractivity contribution < 1.29 is 27.5 Å². The highest BCUT2D eigenvalue weighted by atomic mass is 19.4. The lowest BCUT2D eigenvalue weighted by molar-refractivity contribution is -0.177. The molecule has 5 nitrogen and oxygen atoms in total. The normalized spacial score (nSPS) is 15.8. The molecule has 1 aliphatic heterocycles. The van der Waals surface area contributed by atoms with E-state index >= 15 is 0 Å². The Balaban J connectivity index is 1.87. The van der Waals surface area contributed by atoms with Crippen LogP contribution in [0.2, 0.25) is 0 Å². The molecular weight excluding hydrogens is 337 g/mol. The van der Waals surface area contributed by atoms with Crippen molar-refractivity contribution in [3.63, 3.8) is 0 Å². The molecule has 0 aromatic heterocycles. The van der Waals surface area contributed by atoms with Crippen LogP contribution in [0.4, 0.5) is 13.2 Å². The van der Waals surface area contributed by atoms with Gasteiger partial charge in [-0.1, -0.05) is 17.7 Å². The maximum absolute atomic E-state index is 12.5. The Morgan fingerprint density at radius 3 is 2.48 bits per heavy atom. The van der Waals surface area contributed by atoms with E-state index in [4.69, 9.17) is 0 Å². The fraction of sp³-hybridized carbons (Fsp3) is 0.529. The van der Waals surface area contributed by atoms with E-state index in [0.29, 0.717) is 31.6 Å². The number of alkyl halides is 3. The first-order chi connectivity index (χ1) is 11.8. The molecule has 0 bridgehead atoms. The van der Waals surface area contributed by atoms with Crippen molar-refractivity contribution >= 4 is 11.8 Å². The van der Waals surface area contributed by atoms with Gasteiger partial charge in [0.15, 0.2) is 0 Å². The van der Waals surface area contributed by atoms with Crippen molar-refractivity contribution in [3.05, 3.63) is 35.4 Å². The number of carbonyl (C=O) groups excluding carboxylic acids is 2. The quantitative estimate of drug-likeness (QED) is 0.830. The predicted octanol–water partition coefficient (Wildman–Crippen LogP) is 2.25. The Bertz CT molecular complexity index is 619. The smallest absolute Gasteiger partial charge is 0.362 e. The second-order valence-corrected chi connectivity index (χ2v) is 6.00. The average Bonchev–Trinajstić information content (AvgIpc) is 2.79. The van der Waals surface area contributed by atoms with Crippen molar-refractivity contribution in [2.45, 2.75) is 19.5 Å². The first-order valence-electron chi connectivity index (χ1n) is 8.04. The van der Waals surface area contributed by atoms with Gasteiger partial charge < -0.3 is 14.5 Å². The van der Waals surface area contributed by atoms with Crippen molar-refractivity contribution in [3.8, 4) is 0 Å². The van der Waals surface area contributed by atoms with Gasteiger partial charge in [0, 0.05) is 31.7 Å². The predicted molar refractivity (Wildman–Crippen MR) is 85.2 cm³/mol. The number of carbonyl (C=O) groups is 2. The highest BCUT2D eigenvalue weighted by Gasteiger charge is 2.29. The van der Waals surface area contributed by atoms with Gasteiger partial charge in [0.1, 0.15) is 13.2 Å². The van der Waals surface area contributed by atoms with E-state index in [1.807, 2.05) is 19.1 Å². The van der Waals surface area contributed by atoms with E-state index in [-0.39, 0.29) is 12.5 Å². The molecule has 0 N–H and O–H groups in total. The van der Waals surface area contributed by atoms with Crippen LogP contribution in [0.5, 0.6) is 0 Å². The average molecular weight is 358 g/mol. The number of ether oxygens (including phenoxy) is 1. The molecule has 2 rings (SSSR count). The lowest BCUT2D eigenvalue weighted by Crippen LogP contribution is -2.39. The minimum atomic E-state index is -4.45. The molecule has 1 aromatic rings. The molecule has 0 radical (unpaired) electrons. The summed E-state index contributed by atoms with van der Waals surface area (Å²) in [6.07, 6.45) is -3.88. The van der Waals surface area contributed by atoms with Crippen LogP contribution in [0.25, 0.3) is 0 Å². The summed E-state index contributed by atoms with van der Waals surface area (Å²) in [6, 6.07) is 7.27. The van der Waals surface area contributed by atoms with Gasteiger partial charge in [-0.3, -0.25) is 9.59 Å².